The Morgan fingerprint density at radius 2 is 1.80 bits per heavy atom. The minimum Gasteiger partial charge on any atom is -0.399 e. The van der Waals surface area contributed by atoms with Crippen LogP contribution < -0.4 is 16.0 Å². The van der Waals surface area contributed by atoms with E-state index in [0.717, 1.165) is 43.1 Å². The summed E-state index contributed by atoms with van der Waals surface area (Å²) in [5, 5.41) is 2.93. The highest BCUT2D eigenvalue weighted by Gasteiger charge is 2.19. The summed E-state index contributed by atoms with van der Waals surface area (Å²) >= 11 is 0. The summed E-state index contributed by atoms with van der Waals surface area (Å²) in [6.45, 7) is 5.51. The monoisotopic (exact) mass is 342 g/mol. The van der Waals surface area contributed by atoms with Crippen molar-refractivity contribution in [3.63, 3.8) is 0 Å². The first-order valence-electron chi connectivity index (χ1n) is 8.40. The second kappa shape index (κ2) is 7.53. The minimum atomic E-state index is -0.226. The van der Waals surface area contributed by atoms with Gasteiger partial charge in [0.1, 0.15) is 5.82 Å². The number of benzene rings is 2. The van der Waals surface area contributed by atoms with Crippen LogP contribution in [0.3, 0.4) is 0 Å². The lowest BCUT2D eigenvalue weighted by atomic mass is 10.2. The Bertz CT molecular complexity index is 740. The lowest BCUT2D eigenvalue weighted by Gasteiger charge is -2.35. The van der Waals surface area contributed by atoms with Gasteiger partial charge in [0.15, 0.2) is 0 Å². The first kappa shape index (κ1) is 17.2. The zero-order chi connectivity index (χ0) is 17.8. The van der Waals surface area contributed by atoms with Crippen LogP contribution in [-0.4, -0.2) is 43.5 Å². The fourth-order valence-electron chi connectivity index (χ4n) is 2.98. The zero-order valence-corrected chi connectivity index (χ0v) is 14.3. The molecule has 0 unspecified atom stereocenters. The van der Waals surface area contributed by atoms with Crippen LogP contribution in [0.25, 0.3) is 0 Å². The molecule has 5 nitrogen and oxygen atoms in total. The summed E-state index contributed by atoms with van der Waals surface area (Å²) in [4.78, 5) is 16.6. The number of hydrogen-bond acceptors (Lipinski definition) is 4. The lowest BCUT2D eigenvalue weighted by molar-refractivity contribution is -0.117. The van der Waals surface area contributed by atoms with Crippen LogP contribution in [0, 0.1) is 12.7 Å². The van der Waals surface area contributed by atoms with Crippen molar-refractivity contribution in [3.8, 4) is 0 Å². The zero-order valence-electron chi connectivity index (χ0n) is 14.3. The molecule has 1 heterocycles. The van der Waals surface area contributed by atoms with Gasteiger partial charge in [0.05, 0.1) is 6.54 Å². The van der Waals surface area contributed by atoms with Gasteiger partial charge in [-0.25, -0.2) is 4.39 Å². The van der Waals surface area contributed by atoms with Crippen molar-refractivity contribution in [2.24, 2.45) is 0 Å². The second-order valence-corrected chi connectivity index (χ2v) is 6.36. The van der Waals surface area contributed by atoms with E-state index >= 15 is 0 Å². The molecule has 0 atom stereocenters. The molecule has 2 aromatic carbocycles. The Balaban J connectivity index is 1.51. The molecule has 3 rings (SSSR count). The Labute approximate surface area is 147 Å². The summed E-state index contributed by atoms with van der Waals surface area (Å²) in [6.07, 6.45) is 0. The molecule has 1 aliphatic heterocycles. The van der Waals surface area contributed by atoms with Crippen molar-refractivity contribution >= 4 is 23.0 Å². The molecule has 2 aromatic rings. The van der Waals surface area contributed by atoms with Crippen LogP contribution in [-0.2, 0) is 4.79 Å². The van der Waals surface area contributed by atoms with E-state index < -0.39 is 0 Å². The number of nitrogen functional groups attached to an aromatic ring is 1. The van der Waals surface area contributed by atoms with E-state index in [1.54, 1.807) is 18.2 Å². The average molecular weight is 342 g/mol. The van der Waals surface area contributed by atoms with Gasteiger partial charge < -0.3 is 16.0 Å². The van der Waals surface area contributed by atoms with Gasteiger partial charge in [0.2, 0.25) is 5.91 Å². The quantitative estimate of drug-likeness (QED) is 0.838. The molecule has 0 bridgehead atoms. The van der Waals surface area contributed by atoms with Gasteiger partial charge in [0, 0.05) is 43.2 Å². The second-order valence-electron chi connectivity index (χ2n) is 6.36. The molecule has 0 radical (unpaired) electrons. The summed E-state index contributed by atoms with van der Waals surface area (Å²) in [6, 6.07) is 12.0. The van der Waals surface area contributed by atoms with Crippen molar-refractivity contribution < 1.29 is 9.18 Å². The highest BCUT2D eigenvalue weighted by molar-refractivity contribution is 5.93. The summed E-state index contributed by atoms with van der Waals surface area (Å²) in [5.41, 5.74) is 9.17. The molecule has 0 aliphatic carbocycles. The Morgan fingerprint density at radius 1 is 1.12 bits per heavy atom. The number of halogens is 1. The number of amides is 1. The van der Waals surface area contributed by atoms with E-state index in [0.29, 0.717) is 12.2 Å². The summed E-state index contributed by atoms with van der Waals surface area (Å²) in [7, 11) is 0. The van der Waals surface area contributed by atoms with Crippen LogP contribution in [0.1, 0.15) is 5.56 Å². The highest BCUT2D eigenvalue weighted by atomic mass is 19.1. The largest absolute Gasteiger partial charge is 0.399 e. The van der Waals surface area contributed by atoms with E-state index in [2.05, 4.69) is 15.1 Å². The van der Waals surface area contributed by atoms with E-state index in [4.69, 9.17) is 5.73 Å². The van der Waals surface area contributed by atoms with Crippen LogP contribution in [0.5, 0.6) is 0 Å². The molecule has 0 saturated carbocycles. The maximum absolute atomic E-state index is 13.0. The van der Waals surface area contributed by atoms with Gasteiger partial charge in [-0.1, -0.05) is 6.07 Å². The maximum Gasteiger partial charge on any atom is 0.238 e. The van der Waals surface area contributed by atoms with Gasteiger partial charge >= 0.3 is 0 Å². The molecule has 132 valence electrons. The molecule has 0 aromatic heterocycles. The fourth-order valence-corrected chi connectivity index (χ4v) is 2.98. The van der Waals surface area contributed by atoms with Gasteiger partial charge in [-0.3, -0.25) is 9.69 Å². The first-order valence-corrected chi connectivity index (χ1v) is 8.40. The summed E-state index contributed by atoms with van der Waals surface area (Å²) < 4.78 is 13.0. The number of piperazine rings is 1. The number of hydrogen-bond donors (Lipinski definition) is 2. The molecule has 1 saturated heterocycles. The molecular weight excluding hydrogens is 319 g/mol. The topological polar surface area (TPSA) is 61.6 Å². The van der Waals surface area contributed by atoms with Crippen molar-refractivity contribution in [1.82, 2.24) is 4.90 Å². The van der Waals surface area contributed by atoms with Gasteiger partial charge in [-0.15, -0.1) is 0 Å². The van der Waals surface area contributed by atoms with Crippen molar-refractivity contribution in [3.05, 3.63) is 53.8 Å². The minimum absolute atomic E-state index is 0.0380. The molecule has 1 fully saturated rings. The number of carbonyl (C=O) groups excluding carboxylic acids is 1. The third-order valence-corrected chi connectivity index (χ3v) is 4.47. The average Bonchev–Trinajstić information content (AvgIpc) is 2.59. The number of aryl methyl sites for hydroxylation is 1. The van der Waals surface area contributed by atoms with Crippen LogP contribution >= 0.6 is 0 Å². The molecule has 1 aliphatic rings. The smallest absolute Gasteiger partial charge is 0.238 e. The maximum atomic E-state index is 13.0. The lowest BCUT2D eigenvalue weighted by Crippen LogP contribution is -2.48. The molecule has 0 spiro atoms. The number of nitrogens with two attached hydrogens (primary N) is 1. The summed E-state index contributed by atoms with van der Waals surface area (Å²) in [5.74, 6) is -0.264. The van der Waals surface area contributed by atoms with Crippen molar-refractivity contribution in [2.45, 2.75) is 6.92 Å². The number of nitrogens with zero attached hydrogens (tertiary/aromatic N) is 2. The Kier molecular flexibility index (Phi) is 5.19. The predicted molar refractivity (Wildman–Crippen MR) is 99.3 cm³/mol. The number of rotatable bonds is 4. The standard InChI is InChI=1S/C19H23FN4O/c1-14-2-5-16(21)12-18(14)22-19(25)13-23-8-10-24(11-9-23)17-6-3-15(20)4-7-17/h2-7,12H,8-11,13,21H2,1H3,(H,22,25). The fraction of sp³-hybridized carbons (Fsp3) is 0.316. The predicted octanol–water partition coefficient (Wildman–Crippen LogP) is 2.48. The number of nitrogens with one attached hydrogen (secondary N) is 1. The van der Waals surface area contributed by atoms with E-state index in [9.17, 15) is 9.18 Å². The molecule has 25 heavy (non-hydrogen) atoms. The molecule has 6 heteroatoms. The number of anilines is 3. The van der Waals surface area contributed by atoms with Crippen LogP contribution in [0.2, 0.25) is 0 Å². The Hall–Kier alpha value is -2.60. The van der Waals surface area contributed by atoms with Gasteiger partial charge in [0.25, 0.3) is 0 Å². The normalized spacial score (nSPS) is 15.2. The molecule has 3 N–H and O–H groups in total. The molecule has 1 amide bonds. The highest BCUT2D eigenvalue weighted by Crippen LogP contribution is 2.19. The van der Waals surface area contributed by atoms with Crippen LogP contribution in [0.4, 0.5) is 21.5 Å². The third kappa shape index (κ3) is 4.48. The number of carbonyl (C=O) groups is 1. The van der Waals surface area contributed by atoms with E-state index in [1.165, 1.54) is 12.1 Å². The van der Waals surface area contributed by atoms with Crippen LogP contribution in [0.15, 0.2) is 42.5 Å². The van der Waals surface area contributed by atoms with Crippen molar-refractivity contribution in [1.29, 1.82) is 0 Å². The van der Waals surface area contributed by atoms with E-state index in [-0.39, 0.29) is 11.7 Å². The molecular formula is C19H23FN4O. The van der Waals surface area contributed by atoms with Crippen molar-refractivity contribution in [2.75, 3.05) is 48.7 Å². The van der Waals surface area contributed by atoms with Gasteiger partial charge in [-0.05, 0) is 48.9 Å². The SMILES string of the molecule is Cc1ccc(N)cc1NC(=O)CN1CCN(c2ccc(F)cc2)CC1. The van der Waals surface area contributed by atoms with Gasteiger partial charge in [-0.2, -0.15) is 0 Å². The van der Waals surface area contributed by atoms with E-state index in [1.807, 2.05) is 19.1 Å². The Morgan fingerprint density at radius 3 is 2.48 bits per heavy atom. The third-order valence-electron chi connectivity index (χ3n) is 4.47. The first-order chi connectivity index (χ1) is 12.0.